The minimum Gasteiger partial charge on any atom is -0.349 e. The standard InChI is InChI=1S/C26H31N3O2/c1-18-3-2-13-28(18)15-16-29-14-12-22-17-21(8-11-24(22)26(29)31)19-4-6-20(7-5-19)25(30)27-23-9-10-23/h4-8,11,17-18,23H,2-3,9-10,12-16H2,1H3,(H,27,30)/t18-/m1/s1. The van der Waals surface area contributed by atoms with Gasteiger partial charge in [0.25, 0.3) is 11.8 Å². The zero-order valence-electron chi connectivity index (χ0n) is 18.3. The number of carbonyl (C=O) groups is 2. The molecule has 162 valence electrons. The maximum Gasteiger partial charge on any atom is 0.254 e. The number of likely N-dealkylation sites (tertiary alicyclic amines) is 1. The van der Waals surface area contributed by atoms with E-state index in [4.69, 9.17) is 0 Å². The Bertz CT molecular complexity index is 981. The summed E-state index contributed by atoms with van der Waals surface area (Å²) in [5.41, 5.74) is 4.84. The number of nitrogens with one attached hydrogen (secondary N) is 1. The summed E-state index contributed by atoms with van der Waals surface area (Å²) in [6, 6.07) is 14.9. The number of fused-ring (bicyclic) bond motifs is 1. The highest BCUT2D eigenvalue weighted by Crippen LogP contribution is 2.27. The lowest BCUT2D eigenvalue weighted by Gasteiger charge is -2.31. The van der Waals surface area contributed by atoms with Crippen LogP contribution in [0.1, 0.15) is 58.9 Å². The molecule has 5 nitrogen and oxygen atoms in total. The summed E-state index contributed by atoms with van der Waals surface area (Å²) in [5, 5.41) is 3.03. The molecule has 0 spiro atoms. The zero-order valence-corrected chi connectivity index (χ0v) is 18.3. The summed E-state index contributed by atoms with van der Waals surface area (Å²) in [4.78, 5) is 29.7. The van der Waals surface area contributed by atoms with E-state index in [2.05, 4.69) is 23.2 Å². The average molecular weight is 418 g/mol. The van der Waals surface area contributed by atoms with E-state index in [1.54, 1.807) is 0 Å². The van der Waals surface area contributed by atoms with Crippen LogP contribution in [-0.2, 0) is 6.42 Å². The Hall–Kier alpha value is -2.66. The van der Waals surface area contributed by atoms with Crippen LogP contribution < -0.4 is 5.32 Å². The summed E-state index contributed by atoms with van der Waals surface area (Å²) >= 11 is 0. The molecule has 0 bridgehead atoms. The van der Waals surface area contributed by atoms with E-state index < -0.39 is 0 Å². The van der Waals surface area contributed by atoms with Gasteiger partial charge in [0.2, 0.25) is 0 Å². The molecule has 1 N–H and O–H groups in total. The van der Waals surface area contributed by atoms with Gasteiger partial charge in [-0.1, -0.05) is 24.3 Å². The van der Waals surface area contributed by atoms with Crippen molar-refractivity contribution >= 4 is 11.8 Å². The molecule has 2 amide bonds. The van der Waals surface area contributed by atoms with Crippen LogP contribution in [0.4, 0.5) is 0 Å². The number of rotatable bonds is 6. The second-order valence-corrected chi connectivity index (χ2v) is 9.27. The fourth-order valence-corrected chi connectivity index (χ4v) is 4.81. The first-order valence-electron chi connectivity index (χ1n) is 11.7. The zero-order chi connectivity index (χ0) is 21.4. The van der Waals surface area contributed by atoms with E-state index in [0.717, 1.165) is 67.7 Å². The lowest BCUT2D eigenvalue weighted by molar-refractivity contribution is 0.0716. The molecule has 2 fully saturated rings. The van der Waals surface area contributed by atoms with Crippen molar-refractivity contribution in [2.24, 2.45) is 0 Å². The smallest absolute Gasteiger partial charge is 0.254 e. The van der Waals surface area contributed by atoms with Crippen molar-refractivity contribution in [2.75, 3.05) is 26.2 Å². The van der Waals surface area contributed by atoms with Crippen LogP contribution in [0.5, 0.6) is 0 Å². The van der Waals surface area contributed by atoms with Crippen LogP contribution in [0.25, 0.3) is 11.1 Å². The summed E-state index contributed by atoms with van der Waals surface area (Å²) in [6.07, 6.45) is 5.61. The highest BCUT2D eigenvalue weighted by molar-refractivity contribution is 5.97. The third kappa shape index (κ3) is 4.38. The van der Waals surface area contributed by atoms with Crippen molar-refractivity contribution in [1.82, 2.24) is 15.1 Å². The third-order valence-corrected chi connectivity index (χ3v) is 7.01. The van der Waals surface area contributed by atoms with Gasteiger partial charge in [-0.05, 0) is 80.5 Å². The summed E-state index contributed by atoms with van der Waals surface area (Å²) in [5.74, 6) is 0.167. The fourth-order valence-electron chi connectivity index (χ4n) is 4.81. The first-order chi connectivity index (χ1) is 15.1. The molecule has 1 saturated heterocycles. The molecule has 2 aromatic rings. The van der Waals surface area contributed by atoms with Crippen molar-refractivity contribution in [1.29, 1.82) is 0 Å². The quantitative estimate of drug-likeness (QED) is 0.779. The SMILES string of the molecule is C[C@@H]1CCCN1CCN1CCc2cc(-c3ccc(C(=O)NC4CC4)cc3)ccc2C1=O. The average Bonchev–Trinajstić information content (AvgIpc) is 3.51. The minimum atomic E-state index is 0.00787. The maximum absolute atomic E-state index is 13.0. The molecule has 0 unspecified atom stereocenters. The normalized spacial score (nSPS) is 21.3. The summed E-state index contributed by atoms with van der Waals surface area (Å²) in [7, 11) is 0. The van der Waals surface area contributed by atoms with E-state index in [9.17, 15) is 9.59 Å². The third-order valence-electron chi connectivity index (χ3n) is 7.01. The molecule has 2 aromatic carbocycles. The van der Waals surface area contributed by atoms with Gasteiger partial charge in [-0.25, -0.2) is 0 Å². The first-order valence-corrected chi connectivity index (χ1v) is 11.7. The molecule has 1 atom stereocenters. The predicted octanol–water partition coefficient (Wildman–Crippen LogP) is 3.73. The van der Waals surface area contributed by atoms with Gasteiger partial charge in [0, 0.05) is 42.8 Å². The number of carbonyl (C=O) groups excluding carboxylic acids is 2. The summed E-state index contributed by atoms with van der Waals surface area (Å²) in [6.45, 7) is 6.02. The highest BCUT2D eigenvalue weighted by atomic mass is 16.2. The number of hydrogen-bond acceptors (Lipinski definition) is 3. The Morgan fingerprint density at radius 3 is 2.48 bits per heavy atom. The highest BCUT2D eigenvalue weighted by Gasteiger charge is 2.27. The largest absolute Gasteiger partial charge is 0.349 e. The minimum absolute atomic E-state index is 0.00787. The molecular weight excluding hydrogens is 386 g/mol. The van der Waals surface area contributed by atoms with Crippen LogP contribution in [0, 0.1) is 0 Å². The van der Waals surface area contributed by atoms with Crippen LogP contribution >= 0.6 is 0 Å². The number of benzene rings is 2. The molecule has 3 aliphatic rings. The Balaban J connectivity index is 1.25. The Morgan fingerprint density at radius 1 is 1.00 bits per heavy atom. The molecule has 1 aliphatic carbocycles. The van der Waals surface area contributed by atoms with Crippen molar-refractivity contribution in [3.05, 3.63) is 59.2 Å². The van der Waals surface area contributed by atoms with Gasteiger partial charge in [-0.2, -0.15) is 0 Å². The van der Waals surface area contributed by atoms with Crippen molar-refractivity contribution in [2.45, 2.75) is 51.1 Å². The van der Waals surface area contributed by atoms with E-state index in [0.29, 0.717) is 17.6 Å². The maximum atomic E-state index is 13.0. The van der Waals surface area contributed by atoms with E-state index in [1.807, 2.05) is 41.3 Å². The molecule has 0 aromatic heterocycles. The molecule has 2 heterocycles. The molecule has 31 heavy (non-hydrogen) atoms. The van der Waals surface area contributed by atoms with Crippen LogP contribution in [0.3, 0.4) is 0 Å². The molecule has 1 saturated carbocycles. The van der Waals surface area contributed by atoms with Crippen molar-refractivity contribution < 1.29 is 9.59 Å². The Morgan fingerprint density at radius 2 is 1.77 bits per heavy atom. The second-order valence-electron chi connectivity index (χ2n) is 9.27. The molecule has 5 rings (SSSR count). The van der Waals surface area contributed by atoms with E-state index in [-0.39, 0.29) is 11.8 Å². The van der Waals surface area contributed by atoms with Crippen molar-refractivity contribution in [3.8, 4) is 11.1 Å². The van der Waals surface area contributed by atoms with Gasteiger partial charge in [-0.3, -0.25) is 14.5 Å². The molecule has 2 aliphatic heterocycles. The van der Waals surface area contributed by atoms with Crippen LogP contribution in [0.15, 0.2) is 42.5 Å². The first kappa shape index (κ1) is 20.3. The second kappa shape index (κ2) is 8.46. The van der Waals surface area contributed by atoms with Crippen molar-refractivity contribution in [3.63, 3.8) is 0 Å². The fraction of sp³-hybridized carbons (Fsp3) is 0.462. The predicted molar refractivity (Wildman–Crippen MR) is 122 cm³/mol. The molecule has 5 heteroatoms. The van der Waals surface area contributed by atoms with E-state index >= 15 is 0 Å². The van der Waals surface area contributed by atoms with E-state index in [1.165, 1.54) is 12.8 Å². The van der Waals surface area contributed by atoms with Crippen LogP contribution in [0.2, 0.25) is 0 Å². The van der Waals surface area contributed by atoms with Gasteiger partial charge < -0.3 is 10.2 Å². The Kier molecular flexibility index (Phi) is 5.53. The summed E-state index contributed by atoms with van der Waals surface area (Å²) < 4.78 is 0. The monoisotopic (exact) mass is 417 g/mol. The van der Waals surface area contributed by atoms with Gasteiger partial charge in [0.1, 0.15) is 0 Å². The van der Waals surface area contributed by atoms with Gasteiger partial charge >= 0.3 is 0 Å². The number of amides is 2. The molecular formula is C26H31N3O2. The molecule has 0 radical (unpaired) electrons. The van der Waals surface area contributed by atoms with Gasteiger partial charge in [0.05, 0.1) is 0 Å². The van der Waals surface area contributed by atoms with Gasteiger partial charge in [0.15, 0.2) is 0 Å². The number of nitrogens with zero attached hydrogens (tertiary/aromatic N) is 2. The Labute approximate surface area is 184 Å². The lowest BCUT2D eigenvalue weighted by atomic mass is 9.93. The lowest BCUT2D eigenvalue weighted by Crippen LogP contribution is -2.43. The topological polar surface area (TPSA) is 52.6 Å². The van der Waals surface area contributed by atoms with Gasteiger partial charge in [-0.15, -0.1) is 0 Å². The van der Waals surface area contributed by atoms with Crippen LogP contribution in [-0.4, -0.2) is 59.9 Å². The number of hydrogen-bond donors (Lipinski definition) is 1.